The summed E-state index contributed by atoms with van der Waals surface area (Å²) < 4.78 is 25.9. The standard InChI is InChI=1S/C22H25N2O2S/c1-2-27(25,26)24(15-7-11-21(17-23)18-24)22-12-6-10-20(16-22)14-13-19-8-4-3-5-9-19/h3-14,16,18H,2,15,17,23H2,1H3/q+1. The Kier molecular flexibility index (Phi) is 5.75. The number of benzene rings is 2. The van der Waals surface area contributed by atoms with E-state index in [2.05, 4.69) is 0 Å². The van der Waals surface area contributed by atoms with Gasteiger partial charge < -0.3 is 5.73 Å². The topological polar surface area (TPSA) is 60.2 Å². The summed E-state index contributed by atoms with van der Waals surface area (Å²) in [5.74, 6) is 0.0548. The van der Waals surface area contributed by atoms with E-state index < -0.39 is 10.0 Å². The molecule has 1 unspecified atom stereocenters. The molecule has 0 amide bonds. The SMILES string of the molecule is CCS(=O)(=O)[N+]1(c2cccc(C=Cc3ccccc3)c2)C=C(CN)C=CC1. The van der Waals surface area contributed by atoms with Crippen LogP contribution in [0.25, 0.3) is 12.2 Å². The molecule has 0 saturated heterocycles. The maximum absolute atomic E-state index is 13.1. The molecule has 1 heterocycles. The molecule has 27 heavy (non-hydrogen) atoms. The Morgan fingerprint density at radius 3 is 2.44 bits per heavy atom. The predicted molar refractivity (Wildman–Crippen MR) is 114 cm³/mol. The minimum Gasteiger partial charge on any atom is -0.326 e. The maximum Gasteiger partial charge on any atom is 0.306 e. The molecule has 5 heteroatoms. The van der Waals surface area contributed by atoms with Gasteiger partial charge in [-0.3, -0.25) is 0 Å². The molecule has 0 fully saturated rings. The molecular formula is C22H25N2O2S+. The Hall–Kier alpha value is -2.47. The van der Waals surface area contributed by atoms with Crippen LogP contribution in [-0.4, -0.2) is 27.3 Å². The van der Waals surface area contributed by atoms with E-state index in [1.54, 1.807) is 13.1 Å². The molecule has 1 aliphatic heterocycles. The second kappa shape index (κ2) is 8.05. The summed E-state index contributed by atoms with van der Waals surface area (Å²) in [7, 11) is -3.43. The van der Waals surface area contributed by atoms with Gasteiger partial charge in [0.2, 0.25) is 0 Å². The number of hydrogen-bond donors (Lipinski definition) is 1. The van der Waals surface area contributed by atoms with Gasteiger partial charge in [0.25, 0.3) is 0 Å². The van der Waals surface area contributed by atoms with E-state index in [-0.39, 0.29) is 9.64 Å². The molecule has 0 aromatic heterocycles. The Morgan fingerprint density at radius 2 is 1.74 bits per heavy atom. The van der Waals surface area contributed by atoms with Crippen molar-refractivity contribution in [3.63, 3.8) is 0 Å². The maximum atomic E-state index is 13.1. The third kappa shape index (κ3) is 3.95. The molecule has 2 aromatic carbocycles. The van der Waals surface area contributed by atoms with E-state index in [1.807, 2.05) is 78.9 Å². The van der Waals surface area contributed by atoms with E-state index in [1.165, 1.54) is 0 Å². The second-order valence-corrected chi connectivity index (χ2v) is 8.89. The number of hydrogen-bond acceptors (Lipinski definition) is 3. The second-order valence-electron chi connectivity index (χ2n) is 6.50. The van der Waals surface area contributed by atoms with Gasteiger partial charge in [0.1, 0.15) is 12.7 Å². The Bertz CT molecular complexity index is 992. The highest BCUT2D eigenvalue weighted by molar-refractivity contribution is 7.91. The normalized spacial score (nSPS) is 20.0. The minimum absolute atomic E-state index is 0.0548. The Labute approximate surface area is 161 Å². The molecule has 3 rings (SSSR count). The smallest absolute Gasteiger partial charge is 0.306 e. The van der Waals surface area contributed by atoms with Crippen molar-refractivity contribution in [2.24, 2.45) is 5.73 Å². The average molecular weight is 382 g/mol. The van der Waals surface area contributed by atoms with Gasteiger partial charge in [-0.05, 0) is 24.1 Å². The quantitative estimate of drug-likeness (QED) is 0.609. The monoisotopic (exact) mass is 381 g/mol. The van der Waals surface area contributed by atoms with Crippen molar-refractivity contribution >= 4 is 27.9 Å². The summed E-state index contributed by atoms with van der Waals surface area (Å²) in [5.41, 5.74) is 9.39. The van der Waals surface area contributed by atoms with Crippen molar-refractivity contribution in [2.45, 2.75) is 6.92 Å². The summed E-state index contributed by atoms with van der Waals surface area (Å²) in [5, 5.41) is 0. The van der Waals surface area contributed by atoms with Crippen LogP contribution < -0.4 is 9.62 Å². The molecule has 2 N–H and O–H groups in total. The lowest BCUT2D eigenvalue weighted by atomic mass is 10.1. The van der Waals surface area contributed by atoms with Crippen molar-refractivity contribution in [1.82, 2.24) is 3.89 Å². The van der Waals surface area contributed by atoms with Crippen LogP contribution in [0.4, 0.5) is 5.69 Å². The largest absolute Gasteiger partial charge is 0.326 e. The molecular weight excluding hydrogens is 356 g/mol. The van der Waals surface area contributed by atoms with Gasteiger partial charge in [-0.15, -0.1) is 0 Å². The summed E-state index contributed by atoms with van der Waals surface area (Å²) in [4.78, 5) is 0. The zero-order valence-electron chi connectivity index (χ0n) is 15.5. The fourth-order valence-corrected chi connectivity index (χ4v) is 4.73. The molecule has 0 spiro atoms. The predicted octanol–water partition coefficient (Wildman–Crippen LogP) is 3.93. The summed E-state index contributed by atoms with van der Waals surface area (Å²) in [6.07, 6.45) is 9.60. The highest BCUT2D eigenvalue weighted by Gasteiger charge is 2.42. The molecule has 2 aromatic rings. The van der Waals surface area contributed by atoms with Crippen LogP contribution in [-0.2, 0) is 10.0 Å². The van der Waals surface area contributed by atoms with Crippen molar-refractivity contribution in [3.8, 4) is 0 Å². The van der Waals surface area contributed by atoms with E-state index in [4.69, 9.17) is 5.73 Å². The van der Waals surface area contributed by atoms with Crippen LogP contribution >= 0.6 is 0 Å². The van der Waals surface area contributed by atoms with Crippen LogP contribution in [0.3, 0.4) is 0 Å². The van der Waals surface area contributed by atoms with Crippen LogP contribution in [0.5, 0.6) is 0 Å². The average Bonchev–Trinajstić information content (AvgIpc) is 2.73. The highest BCUT2D eigenvalue weighted by Crippen LogP contribution is 2.33. The lowest BCUT2D eigenvalue weighted by Gasteiger charge is -2.34. The van der Waals surface area contributed by atoms with E-state index in [9.17, 15) is 8.42 Å². The summed E-state index contributed by atoms with van der Waals surface area (Å²) in [6.45, 7) is 2.36. The highest BCUT2D eigenvalue weighted by atomic mass is 32.2. The van der Waals surface area contributed by atoms with Gasteiger partial charge in [-0.25, -0.2) is 0 Å². The number of rotatable bonds is 6. The number of nitrogens with zero attached hydrogens (tertiary/aromatic N) is 1. The van der Waals surface area contributed by atoms with Gasteiger partial charge in [-0.2, -0.15) is 12.3 Å². The zero-order chi connectivity index (χ0) is 19.3. The number of nitrogens with two attached hydrogens (primary N) is 1. The molecule has 0 radical (unpaired) electrons. The van der Waals surface area contributed by atoms with Crippen molar-refractivity contribution < 1.29 is 8.42 Å². The van der Waals surface area contributed by atoms with Gasteiger partial charge >= 0.3 is 10.0 Å². The molecule has 0 aliphatic carbocycles. The van der Waals surface area contributed by atoms with Crippen molar-refractivity contribution in [2.75, 3.05) is 18.8 Å². The first kappa shape index (κ1) is 19.3. The summed E-state index contributed by atoms with van der Waals surface area (Å²) >= 11 is 0. The fourth-order valence-electron chi connectivity index (χ4n) is 3.23. The van der Waals surface area contributed by atoms with Gasteiger partial charge in [0, 0.05) is 24.3 Å². The Morgan fingerprint density at radius 1 is 1.04 bits per heavy atom. The van der Waals surface area contributed by atoms with Gasteiger partial charge in [0.15, 0.2) is 5.69 Å². The lowest BCUT2D eigenvalue weighted by molar-refractivity contribution is 0.511. The van der Waals surface area contributed by atoms with Gasteiger partial charge in [0.05, 0.1) is 5.75 Å². The third-order valence-corrected chi connectivity index (χ3v) is 6.94. The first-order valence-electron chi connectivity index (χ1n) is 9.03. The van der Waals surface area contributed by atoms with Crippen LogP contribution in [0.1, 0.15) is 18.1 Å². The molecule has 4 nitrogen and oxygen atoms in total. The third-order valence-electron chi connectivity index (χ3n) is 4.75. The first-order valence-corrected chi connectivity index (χ1v) is 10.6. The molecule has 0 saturated carbocycles. The molecule has 1 aliphatic rings. The molecule has 1 atom stereocenters. The number of sulfonamides is 1. The molecule has 0 bridgehead atoms. The van der Waals surface area contributed by atoms with Crippen molar-refractivity contribution in [1.29, 1.82) is 0 Å². The van der Waals surface area contributed by atoms with Crippen LogP contribution in [0.15, 0.2) is 78.5 Å². The number of quaternary nitrogens is 1. The van der Waals surface area contributed by atoms with Crippen LogP contribution in [0, 0.1) is 0 Å². The lowest BCUT2D eigenvalue weighted by Crippen LogP contribution is -2.51. The molecule has 140 valence electrons. The zero-order valence-corrected chi connectivity index (χ0v) is 16.3. The Balaban J connectivity index is 2.06. The van der Waals surface area contributed by atoms with Gasteiger partial charge in [-0.1, -0.05) is 60.7 Å². The van der Waals surface area contributed by atoms with Crippen molar-refractivity contribution in [3.05, 3.63) is 89.6 Å². The minimum atomic E-state index is -3.43. The van der Waals surface area contributed by atoms with E-state index >= 15 is 0 Å². The summed E-state index contributed by atoms with van der Waals surface area (Å²) in [6, 6.07) is 17.7. The van der Waals surface area contributed by atoms with E-state index in [0.717, 1.165) is 22.4 Å². The fraction of sp³-hybridized carbons (Fsp3) is 0.182. The van der Waals surface area contributed by atoms with E-state index in [0.29, 0.717) is 13.1 Å². The first-order chi connectivity index (χ1) is 13.0. The van der Waals surface area contributed by atoms with Crippen LogP contribution in [0.2, 0.25) is 0 Å².